The van der Waals surface area contributed by atoms with E-state index in [1.807, 2.05) is 0 Å². The van der Waals surface area contributed by atoms with E-state index in [-0.39, 0.29) is 11.9 Å². The number of rotatable bonds is 5. The highest BCUT2D eigenvalue weighted by Crippen LogP contribution is 2.29. The number of piperidine rings is 1. The van der Waals surface area contributed by atoms with Crippen molar-refractivity contribution < 1.29 is 9.13 Å². The van der Waals surface area contributed by atoms with Crippen LogP contribution in [0.1, 0.15) is 51.4 Å². The Morgan fingerprint density at radius 1 is 1.09 bits per heavy atom. The van der Waals surface area contributed by atoms with E-state index in [2.05, 4.69) is 4.90 Å². The average Bonchev–Trinajstić information content (AvgIpc) is 2.58. The molecular formula is C19H27ClFNO. The summed E-state index contributed by atoms with van der Waals surface area (Å²) in [5.74, 6) is 1.24. The van der Waals surface area contributed by atoms with Gasteiger partial charge in [-0.15, -0.1) is 0 Å². The van der Waals surface area contributed by atoms with Gasteiger partial charge in [-0.05, 0) is 49.9 Å². The van der Waals surface area contributed by atoms with E-state index in [1.165, 1.54) is 57.2 Å². The molecule has 23 heavy (non-hydrogen) atoms. The predicted octanol–water partition coefficient (Wildman–Crippen LogP) is 5.29. The number of halogens is 2. The molecule has 1 saturated heterocycles. The molecule has 128 valence electrons. The molecule has 0 atom stereocenters. The Morgan fingerprint density at radius 3 is 2.52 bits per heavy atom. The van der Waals surface area contributed by atoms with E-state index >= 15 is 0 Å². The van der Waals surface area contributed by atoms with Crippen LogP contribution in [0.25, 0.3) is 0 Å². The van der Waals surface area contributed by atoms with Crippen molar-refractivity contribution in [3.63, 3.8) is 0 Å². The lowest BCUT2D eigenvalue weighted by Crippen LogP contribution is -2.39. The molecular weight excluding hydrogens is 313 g/mol. The normalized spacial score (nSPS) is 21.5. The molecule has 4 heteroatoms. The predicted molar refractivity (Wildman–Crippen MR) is 92.7 cm³/mol. The first-order valence-corrected chi connectivity index (χ1v) is 9.42. The van der Waals surface area contributed by atoms with Gasteiger partial charge in [0.1, 0.15) is 17.7 Å². The molecule has 2 fully saturated rings. The second-order valence-corrected chi connectivity index (χ2v) is 7.43. The van der Waals surface area contributed by atoms with Crippen molar-refractivity contribution in [2.24, 2.45) is 5.92 Å². The van der Waals surface area contributed by atoms with Crippen LogP contribution < -0.4 is 4.74 Å². The van der Waals surface area contributed by atoms with Gasteiger partial charge in [0.25, 0.3) is 0 Å². The molecule has 0 spiro atoms. The number of benzene rings is 1. The average molecular weight is 340 g/mol. The zero-order chi connectivity index (χ0) is 16.1. The van der Waals surface area contributed by atoms with Crippen molar-refractivity contribution in [1.29, 1.82) is 0 Å². The number of nitrogens with zero attached hydrogens (tertiary/aromatic N) is 1. The first-order valence-electron chi connectivity index (χ1n) is 9.05. The number of hydrogen-bond acceptors (Lipinski definition) is 2. The van der Waals surface area contributed by atoms with E-state index in [0.717, 1.165) is 31.8 Å². The molecule has 0 amide bonds. The van der Waals surface area contributed by atoms with Crippen molar-refractivity contribution in [1.82, 2.24) is 4.90 Å². The van der Waals surface area contributed by atoms with Crippen molar-refractivity contribution >= 4 is 11.6 Å². The van der Waals surface area contributed by atoms with E-state index in [1.54, 1.807) is 6.07 Å². The summed E-state index contributed by atoms with van der Waals surface area (Å²) in [5, 5.41) is 0.365. The fourth-order valence-corrected chi connectivity index (χ4v) is 4.05. The monoisotopic (exact) mass is 339 g/mol. The van der Waals surface area contributed by atoms with Gasteiger partial charge in [-0.25, -0.2) is 4.39 Å². The maximum atomic E-state index is 13.1. The molecule has 1 aromatic rings. The zero-order valence-electron chi connectivity index (χ0n) is 13.8. The van der Waals surface area contributed by atoms with Gasteiger partial charge in [-0.2, -0.15) is 0 Å². The summed E-state index contributed by atoms with van der Waals surface area (Å²) in [6, 6.07) is 4.35. The third kappa shape index (κ3) is 5.09. The summed E-state index contributed by atoms with van der Waals surface area (Å²) < 4.78 is 19.0. The van der Waals surface area contributed by atoms with Crippen LogP contribution in [-0.4, -0.2) is 30.6 Å². The van der Waals surface area contributed by atoms with Crippen LogP contribution in [0.4, 0.5) is 4.39 Å². The lowest BCUT2D eigenvalue weighted by Gasteiger charge is -2.33. The highest BCUT2D eigenvalue weighted by Gasteiger charge is 2.22. The van der Waals surface area contributed by atoms with Crippen molar-refractivity contribution in [2.75, 3.05) is 19.6 Å². The molecule has 1 saturated carbocycles. The zero-order valence-corrected chi connectivity index (χ0v) is 14.5. The smallest absolute Gasteiger partial charge is 0.138 e. The van der Waals surface area contributed by atoms with Gasteiger partial charge in [0.15, 0.2) is 0 Å². The standard InChI is InChI=1S/C19H27ClFNO/c20-18-14-16(21)6-7-19(18)23-17-9-12-22(13-10-17)11-8-15-4-2-1-3-5-15/h6-7,14-15,17H,1-5,8-13H2. The lowest BCUT2D eigenvalue weighted by molar-refractivity contribution is 0.0956. The molecule has 0 bridgehead atoms. The maximum absolute atomic E-state index is 13.1. The third-order valence-electron chi connectivity index (χ3n) is 5.30. The molecule has 0 unspecified atom stereocenters. The topological polar surface area (TPSA) is 12.5 Å². The molecule has 0 aromatic heterocycles. The number of ether oxygens (including phenoxy) is 1. The minimum atomic E-state index is -0.320. The Labute approximate surface area is 144 Å². The van der Waals surface area contributed by atoms with Crippen LogP contribution in [0.3, 0.4) is 0 Å². The highest BCUT2D eigenvalue weighted by molar-refractivity contribution is 6.32. The summed E-state index contributed by atoms with van der Waals surface area (Å²) in [7, 11) is 0. The second-order valence-electron chi connectivity index (χ2n) is 7.03. The molecule has 2 aliphatic rings. The van der Waals surface area contributed by atoms with Gasteiger partial charge < -0.3 is 9.64 Å². The molecule has 1 aromatic carbocycles. The summed E-state index contributed by atoms with van der Waals surface area (Å²) in [4.78, 5) is 2.57. The van der Waals surface area contributed by atoms with Gasteiger partial charge in [0.2, 0.25) is 0 Å². The van der Waals surface area contributed by atoms with Gasteiger partial charge >= 0.3 is 0 Å². The number of likely N-dealkylation sites (tertiary alicyclic amines) is 1. The van der Waals surface area contributed by atoms with Crippen LogP contribution >= 0.6 is 11.6 Å². The van der Waals surface area contributed by atoms with Crippen LogP contribution in [0.15, 0.2) is 18.2 Å². The maximum Gasteiger partial charge on any atom is 0.138 e. The van der Waals surface area contributed by atoms with E-state index in [0.29, 0.717) is 10.8 Å². The summed E-state index contributed by atoms with van der Waals surface area (Å²) in [6.07, 6.45) is 10.8. The summed E-state index contributed by atoms with van der Waals surface area (Å²) in [5.41, 5.74) is 0. The number of hydrogen-bond donors (Lipinski definition) is 0. The SMILES string of the molecule is Fc1ccc(OC2CCN(CCC3CCCCC3)CC2)c(Cl)c1. The molecule has 2 nitrogen and oxygen atoms in total. The first-order chi connectivity index (χ1) is 11.2. The first kappa shape index (κ1) is 17.0. The van der Waals surface area contributed by atoms with E-state index in [4.69, 9.17) is 16.3 Å². The summed E-state index contributed by atoms with van der Waals surface area (Å²) >= 11 is 6.04. The van der Waals surface area contributed by atoms with Crippen LogP contribution in [-0.2, 0) is 0 Å². The van der Waals surface area contributed by atoms with Crippen molar-refractivity contribution in [3.8, 4) is 5.75 Å². The third-order valence-corrected chi connectivity index (χ3v) is 5.60. The van der Waals surface area contributed by atoms with Crippen molar-refractivity contribution in [3.05, 3.63) is 29.0 Å². The van der Waals surface area contributed by atoms with Gasteiger partial charge in [0.05, 0.1) is 5.02 Å². The fraction of sp³-hybridized carbons (Fsp3) is 0.684. The largest absolute Gasteiger partial charge is 0.489 e. The Hall–Kier alpha value is -0.800. The molecule has 3 rings (SSSR count). The Balaban J connectivity index is 1.39. The minimum absolute atomic E-state index is 0.198. The second kappa shape index (κ2) is 8.34. The Kier molecular flexibility index (Phi) is 6.18. The van der Waals surface area contributed by atoms with Crippen LogP contribution in [0.2, 0.25) is 5.02 Å². The van der Waals surface area contributed by atoms with Crippen LogP contribution in [0.5, 0.6) is 5.75 Å². The van der Waals surface area contributed by atoms with E-state index < -0.39 is 0 Å². The molecule has 1 aliphatic heterocycles. The Bertz CT molecular complexity index is 496. The highest BCUT2D eigenvalue weighted by atomic mass is 35.5. The van der Waals surface area contributed by atoms with Crippen molar-refractivity contribution in [2.45, 2.75) is 57.5 Å². The van der Waals surface area contributed by atoms with Gasteiger partial charge in [-0.1, -0.05) is 43.7 Å². The molecule has 0 N–H and O–H groups in total. The molecule has 0 radical (unpaired) electrons. The van der Waals surface area contributed by atoms with Crippen LogP contribution in [0, 0.1) is 11.7 Å². The molecule has 1 aliphatic carbocycles. The van der Waals surface area contributed by atoms with E-state index in [9.17, 15) is 4.39 Å². The fourth-order valence-electron chi connectivity index (χ4n) is 3.84. The lowest BCUT2D eigenvalue weighted by atomic mass is 9.87. The Morgan fingerprint density at radius 2 is 1.83 bits per heavy atom. The van der Waals surface area contributed by atoms with Gasteiger partial charge in [-0.3, -0.25) is 0 Å². The minimum Gasteiger partial charge on any atom is -0.489 e. The summed E-state index contributed by atoms with van der Waals surface area (Å²) in [6.45, 7) is 3.42. The quantitative estimate of drug-likeness (QED) is 0.722. The van der Waals surface area contributed by atoms with Gasteiger partial charge in [0, 0.05) is 13.1 Å². The molecule has 1 heterocycles.